The van der Waals surface area contributed by atoms with Crippen LogP contribution < -0.4 is 62.3 Å². The van der Waals surface area contributed by atoms with Gasteiger partial charge in [0.15, 0.2) is 17.5 Å². The van der Waals surface area contributed by atoms with Crippen molar-refractivity contribution in [3.05, 3.63) is 71.7 Å². The van der Waals surface area contributed by atoms with Gasteiger partial charge in [-0.1, -0.05) is 62.4 Å². The van der Waals surface area contributed by atoms with Gasteiger partial charge in [-0.25, -0.2) is 18.4 Å². The number of H-pyrrole nitrogens is 1. The first-order chi connectivity index (χ1) is 48.6. The Morgan fingerprint density at radius 3 is 2.18 bits per heavy atom. The second-order valence-corrected chi connectivity index (χ2v) is 28.7. The fourth-order valence-corrected chi connectivity index (χ4v) is 13.9. The number of nitrogens with one attached hydrogen (secondary N) is 6. The minimum atomic E-state index is -4.07. The number of sulfonamides is 1. The highest BCUT2D eigenvalue weighted by Gasteiger charge is 2.37. The van der Waals surface area contributed by atoms with Gasteiger partial charge in [0.05, 0.1) is 42.4 Å². The molecule has 6 aromatic rings. The van der Waals surface area contributed by atoms with Crippen LogP contribution >= 0.6 is 44.5 Å². The van der Waals surface area contributed by atoms with Crippen LogP contribution in [0.2, 0.25) is 0 Å². The number of halogens is 1. The number of aromatic nitrogens is 6. The third-order valence-electron chi connectivity index (χ3n) is 15.2. The number of anilines is 2. The number of carboxylic acids is 2. The number of amides is 7. The van der Waals surface area contributed by atoms with Crippen LogP contribution in [-0.4, -0.2) is 233 Å². The van der Waals surface area contributed by atoms with Crippen LogP contribution in [0.3, 0.4) is 0 Å². The van der Waals surface area contributed by atoms with Crippen molar-refractivity contribution in [2.75, 3.05) is 88.6 Å². The number of aromatic amines is 1. The number of alkyl halides is 1. The molecule has 3 aromatic carbocycles. The van der Waals surface area contributed by atoms with Crippen molar-refractivity contribution in [3.8, 4) is 17.2 Å². The molecule has 1 aliphatic rings. The van der Waals surface area contributed by atoms with Gasteiger partial charge in [0, 0.05) is 111 Å². The third-order valence-corrected chi connectivity index (χ3v) is 20.1. The van der Waals surface area contributed by atoms with Crippen molar-refractivity contribution in [3.63, 3.8) is 0 Å². The van der Waals surface area contributed by atoms with E-state index < -0.39 is 99.1 Å². The summed E-state index contributed by atoms with van der Waals surface area (Å²) in [4.78, 5) is 139. The standard InChI is InChI=1S/C60H79ClN18O17S4.CH2O/c1-76(2)19-21-95-46-23-37-38(29-66-40(37)24-45(46)94-4)56(90)79-30-33(28-61)52-36-13-6-5-12-35(36)44(27-43(52)79)96-60(91)77(3)20-22-97-98-32-49(82)70-55(89)42(26-51(85)86)69-53(87)39(14-10-17-65-57(62)63)68-54(88)41(25-50(83)84)67-47(80)15-7-8-18-78-31-34(72-75-78)11-9-16-48(81)71-58-73-74-59(99-58)100(64,92)93;1-2/h5-6,12-13,23-24,27,29,31,33,39,41-42,49,66,82H,7-11,14-22,25-26,28,30,32H2,1-4H3,(H,67,80)(H,68,88)(H,69,87)(H,70,89)(H,83,84)(H,85,86)(H4,62,63,65)(H2,64,92,93)(H,71,73,81);1H2/t33-,39+,41+,42+,49-;/m1./s1. The number of carbonyl (C=O) groups is 10. The van der Waals surface area contributed by atoms with E-state index in [-0.39, 0.29) is 92.0 Å². The number of hydrogen-bond donors (Lipinski definition) is 12. The van der Waals surface area contributed by atoms with E-state index >= 15 is 0 Å². The van der Waals surface area contributed by atoms with Gasteiger partial charge in [-0.3, -0.25) is 48.0 Å². The molecule has 41 heteroatoms. The van der Waals surface area contributed by atoms with E-state index in [2.05, 4.69) is 57.1 Å². The van der Waals surface area contributed by atoms with Crippen molar-refractivity contribution >= 4 is 153 Å². The van der Waals surface area contributed by atoms with E-state index in [0.29, 0.717) is 101 Å². The molecular weight excluding hydrogens is 1440 g/mol. The molecule has 0 aliphatic carbocycles. The first-order valence-corrected chi connectivity index (χ1v) is 36.8. The number of benzene rings is 3. The Morgan fingerprint density at radius 2 is 1.51 bits per heavy atom. The van der Waals surface area contributed by atoms with Crippen molar-refractivity contribution in [1.29, 1.82) is 0 Å². The van der Waals surface area contributed by atoms with Gasteiger partial charge in [0.25, 0.3) is 15.9 Å². The normalized spacial score (nSPS) is 13.7. The zero-order valence-electron chi connectivity index (χ0n) is 56.0. The van der Waals surface area contributed by atoms with Crippen LogP contribution in [0, 0.1) is 0 Å². The summed E-state index contributed by atoms with van der Waals surface area (Å²) < 4.78 is 41.6. The Labute approximate surface area is 601 Å². The molecule has 36 nitrogen and oxygen atoms in total. The van der Waals surface area contributed by atoms with Gasteiger partial charge in [-0.15, -0.1) is 26.9 Å². The highest BCUT2D eigenvalue weighted by molar-refractivity contribution is 8.76. The van der Waals surface area contributed by atoms with E-state index in [0.717, 1.165) is 21.7 Å². The summed E-state index contributed by atoms with van der Waals surface area (Å²) >= 11 is 7.20. The molecule has 15 N–H and O–H groups in total. The Hall–Kier alpha value is -9.45. The van der Waals surface area contributed by atoms with Gasteiger partial charge in [0.1, 0.15) is 43.5 Å². The highest BCUT2D eigenvalue weighted by Crippen LogP contribution is 2.47. The first kappa shape index (κ1) is 81.5. The lowest BCUT2D eigenvalue weighted by Crippen LogP contribution is -2.58. The van der Waals surface area contributed by atoms with Gasteiger partial charge in [-0.2, -0.15) is 0 Å². The number of unbranched alkanes of at least 4 members (excludes halogenated alkanes) is 1. The lowest BCUT2D eigenvalue weighted by molar-refractivity contribution is -0.142. The van der Waals surface area contributed by atoms with E-state index in [9.17, 15) is 66.9 Å². The third kappa shape index (κ3) is 24.4. The zero-order valence-corrected chi connectivity index (χ0v) is 60.0. The Morgan fingerprint density at radius 1 is 0.833 bits per heavy atom. The fourth-order valence-electron chi connectivity index (χ4n) is 10.3. The molecule has 4 heterocycles. The fraction of sp³-hybridized carbons (Fsp3) is 0.459. The summed E-state index contributed by atoms with van der Waals surface area (Å²) in [6, 6.07) is 7.46. The number of aliphatic hydroxyl groups excluding tert-OH is 1. The molecule has 3 aromatic heterocycles. The lowest BCUT2D eigenvalue weighted by Gasteiger charge is -2.25. The number of fused-ring (bicyclic) bond motifs is 4. The Kier molecular flexibility index (Phi) is 31.7. The number of carboxylic acid groups (broad SMARTS) is 2. The maximum Gasteiger partial charge on any atom is 0.415 e. The van der Waals surface area contributed by atoms with E-state index in [1.165, 1.54) is 34.5 Å². The van der Waals surface area contributed by atoms with Gasteiger partial charge in [-0.05, 0) is 69.6 Å². The van der Waals surface area contributed by atoms with Gasteiger partial charge >= 0.3 is 18.0 Å². The minimum absolute atomic E-state index is 0.0293. The number of rotatable bonds is 40. The molecule has 0 bridgehead atoms. The van der Waals surface area contributed by atoms with Crippen LogP contribution in [0.1, 0.15) is 85.3 Å². The molecule has 102 heavy (non-hydrogen) atoms. The molecule has 7 rings (SSSR count). The number of hydrogen-bond acceptors (Lipinski definition) is 25. The van der Waals surface area contributed by atoms with Crippen LogP contribution in [0.4, 0.5) is 15.6 Å². The van der Waals surface area contributed by atoms with Crippen LogP contribution in [0.5, 0.6) is 17.2 Å². The monoisotopic (exact) mass is 1520 g/mol. The van der Waals surface area contributed by atoms with Crippen LogP contribution in [0.25, 0.3) is 21.7 Å². The average molecular weight is 1520 g/mol. The average Bonchev–Trinajstić information content (AvgIpc) is 1.56. The zero-order chi connectivity index (χ0) is 74.8. The number of likely N-dealkylation sites (N-methyl/N-ethyl adjacent to an activating group) is 1. The number of nitrogens with zero attached hydrogens (tertiary/aromatic N) is 9. The summed E-state index contributed by atoms with van der Waals surface area (Å²) in [5.74, 6) is -6.82. The van der Waals surface area contributed by atoms with E-state index in [1.54, 1.807) is 41.6 Å². The largest absolute Gasteiger partial charge is 0.493 e. The first-order valence-electron chi connectivity index (χ1n) is 31.4. The molecule has 0 unspecified atom stereocenters. The number of ether oxygens (including phenoxy) is 3. The number of primary sulfonamides is 1. The van der Waals surface area contributed by atoms with Crippen molar-refractivity contribution in [2.45, 2.75) is 105 Å². The second-order valence-electron chi connectivity index (χ2n) is 23.1. The number of carbonyl (C=O) groups excluding carboxylic acids is 8. The topological polar surface area (TPSA) is 526 Å². The molecule has 0 fully saturated rings. The summed E-state index contributed by atoms with van der Waals surface area (Å²) in [5.41, 5.74) is 13.9. The maximum absolute atomic E-state index is 14.7. The van der Waals surface area contributed by atoms with E-state index in [1.807, 2.05) is 44.0 Å². The number of aliphatic hydroxyl groups is 1. The van der Waals surface area contributed by atoms with Gasteiger partial charge in [0.2, 0.25) is 39.0 Å². The Balaban J connectivity index is 0.00000810. The number of guanidine groups is 1. The SMILES string of the molecule is C=O.COc1cc2[nH]cc(C(=O)N3C[C@@H](CCl)c4c3cc(OC(=O)N(C)CCSSC[C@@H](O)NC(=O)[C@H](CC(=O)O)NC(=O)[C@H](CCCN=C(N)N)NC(=O)[C@H](CC(=O)O)NC(=O)CCCCn3cc(CCCC(=O)Nc5nnc(S(N)(=O)=O)s5)nn3)c3ccccc43)c2cc1OCCN(C)C. The van der Waals surface area contributed by atoms with Crippen LogP contribution in [0.15, 0.2) is 64.2 Å². The summed E-state index contributed by atoms with van der Waals surface area (Å²) in [6.07, 6.45) is 0.0963. The number of aliphatic imine (C=N–C) groups is 1. The molecule has 1 aliphatic heterocycles. The number of methoxy groups -OCH3 is 1. The Bertz CT molecular complexity index is 4080. The molecular formula is C61H81ClN18O18S4. The highest BCUT2D eigenvalue weighted by atomic mass is 35.5. The molecule has 0 radical (unpaired) electrons. The van der Waals surface area contributed by atoms with Crippen molar-refractivity contribution in [2.24, 2.45) is 21.6 Å². The smallest absolute Gasteiger partial charge is 0.415 e. The molecule has 0 saturated carbocycles. The summed E-state index contributed by atoms with van der Waals surface area (Å²) in [7, 11) is 5.18. The molecule has 0 spiro atoms. The number of nitrogens with two attached hydrogens (primary N) is 3. The molecule has 7 amide bonds. The predicted octanol–water partition coefficient (Wildman–Crippen LogP) is 1.69. The maximum atomic E-state index is 14.7. The number of aliphatic carboxylic acids is 2. The summed E-state index contributed by atoms with van der Waals surface area (Å²) in [6.45, 7) is 3.68. The minimum Gasteiger partial charge on any atom is -0.493 e. The van der Waals surface area contributed by atoms with Crippen LogP contribution in [-0.2, 0) is 61.3 Å². The lowest BCUT2D eigenvalue weighted by atomic mass is 9.95. The van der Waals surface area contributed by atoms with Gasteiger partial charge < -0.3 is 92.1 Å². The molecule has 5 atom stereocenters. The summed E-state index contributed by atoms with van der Waals surface area (Å²) in [5, 5.41) is 64.2. The predicted molar refractivity (Wildman–Crippen MR) is 380 cm³/mol. The quantitative estimate of drug-likeness (QED) is 0.00495. The molecule has 554 valence electrons. The van der Waals surface area contributed by atoms with Crippen molar-refractivity contribution < 1.29 is 85.9 Å². The number of aryl methyl sites for hydroxylation is 2. The van der Waals surface area contributed by atoms with E-state index in [4.69, 9.17) is 47.2 Å². The second kappa shape index (κ2) is 39.7. The molecule has 0 saturated heterocycles. The van der Waals surface area contributed by atoms with Crippen molar-refractivity contribution in [1.82, 2.24) is 61.2 Å².